The van der Waals surface area contributed by atoms with Crippen molar-refractivity contribution in [1.82, 2.24) is 5.32 Å². The predicted molar refractivity (Wildman–Crippen MR) is 90.9 cm³/mol. The quantitative estimate of drug-likeness (QED) is 0.771. The van der Waals surface area contributed by atoms with E-state index in [9.17, 15) is 9.90 Å². The average Bonchev–Trinajstić information content (AvgIpc) is 2.55. The molecule has 116 valence electrons. The Morgan fingerprint density at radius 3 is 2.45 bits per heavy atom. The van der Waals surface area contributed by atoms with E-state index in [1.807, 2.05) is 30.3 Å². The van der Waals surface area contributed by atoms with Crippen LogP contribution in [0.1, 0.15) is 23.6 Å². The molecule has 0 aliphatic carbocycles. The Kier molecular flexibility index (Phi) is 6.49. The number of nitrogens with one attached hydrogen (secondary N) is 1. The fourth-order valence-corrected chi connectivity index (χ4v) is 2.93. The Balaban J connectivity index is 1.78. The Labute approximate surface area is 135 Å². The van der Waals surface area contributed by atoms with E-state index in [-0.39, 0.29) is 18.6 Å². The van der Waals surface area contributed by atoms with Crippen LogP contribution in [-0.4, -0.2) is 23.4 Å². The molecule has 2 N–H and O–H groups in total. The Bertz CT molecular complexity index is 584. The van der Waals surface area contributed by atoms with Crippen LogP contribution >= 0.6 is 11.8 Å². The van der Waals surface area contributed by atoms with E-state index >= 15 is 0 Å². The maximum atomic E-state index is 12.0. The number of carbonyl (C=O) groups excluding carboxylic acids is 1. The van der Waals surface area contributed by atoms with E-state index in [0.29, 0.717) is 6.42 Å². The molecule has 22 heavy (non-hydrogen) atoms. The number of hydrogen-bond acceptors (Lipinski definition) is 3. The topological polar surface area (TPSA) is 49.3 Å². The molecule has 1 atom stereocenters. The van der Waals surface area contributed by atoms with E-state index in [1.54, 1.807) is 11.8 Å². The minimum Gasteiger partial charge on any atom is -0.394 e. The minimum atomic E-state index is -0.335. The first-order chi connectivity index (χ1) is 10.7. The highest BCUT2D eigenvalue weighted by Crippen LogP contribution is 2.19. The lowest BCUT2D eigenvalue weighted by atomic mass is 10.1. The van der Waals surface area contributed by atoms with Crippen LogP contribution < -0.4 is 5.32 Å². The molecule has 3 nitrogen and oxygen atoms in total. The van der Waals surface area contributed by atoms with E-state index in [0.717, 1.165) is 11.3 Å². The summed E-state index contributed by atoms with van der Waals surface area (Å²) in [6, 6.07) is 17.5. The molecule has 4 heteroatoms. The molecule has 0 aliphatic heterocycles. The summed E-state index contributed by atoms with van der Waals surface area (Å²) in [5.41, 5.74) is 2.15. The number of aryl methyl sites for hydroxylation is 1. The largest absolute Gasteiger partial charge is 0.394 e. The number of benzene rings is 2. The molecule has 2 aromatic carbocycles. The van der Waals surface area contributed by atoms with Crippen LogP contribution in [0.5, 0.6) is 0 Å². The second-order valence-corrected chi connectivity index (χ2v) is 6.29. The summed E-state index contributed by atoms with van der Waals surface area (Å²) in [6.45, 7) is 1.96. The molecule has 0 radical (unpaired) electrons. The zero-order chi connectivity index (χ0) is 15.8. The van der Waals surface area contributed by atoms with Crippen molar-refractivity contribution < 1.29 is 9.90 Å². The van der Waals surface area contributed by atoms with Crippen molar-refractivity contribution in [2.75, 3.05) is 12.4 Å². The maximum absolute atomic E-state index is 12.0. The second kappa shape index (κ2) is 8.61. The van der Waals surface area contributed by atoms with Crippen LogP contribution in [-0.2, 0) is 4.79 Å². The lowest BCUT2D eigenvalue weighted by Crippen LogP contribution is -2.30. The lowest BCUT2D eigenvalue weighted by Gasteiger charge is -2.16. The van der Waals surface area contributed by atoms with E-state index in [1.165, 1.54) is 10.5 Å². The number of aliphatic hydroxyl groups is 1. The van der Waals surface area contributed by atoms with Crippen LogP contribution in [0.2, 0.25) is 0 Å². The van der Waals surface area contributed by atoms with Crippen molar-refractivity contribution in [2.24, 2.45) is 0 Å². The molecule has 1 amide bonds. The molecule has 0 aromatic heterocycles. The smallest absolute Gasteiger partial charge is 0.221 e. The second-order valence-electron chi connectivity index (χ2n) is 5.12. The lowest BCUT2D eigenvalue weighted by molar-refractivity contribution is -0.121. The van der Waals surface area contributed by atoms with Gasteiger partial charge in [0.05, 0.1) is 12.6 Å². The van der Waals surface area contributed by atoms with Crippen molar-refractivity contribution in [3.63, 3.8) is 0 Å². The molecule has 0 spiro atoms. The van der Waals surface area contributed by atoms with Crippen LogP contribution in [0, 0.1) is 6.92 Å². The average molecular weight is 315 g/mol. The Morgan fingerprint density at radius 2 is 1.82 bits per heavy atom. The standard InChI is InChI=1S/C18H21NO2S/c1-14-7-9-16(10-8-14)22-12-11-18(21)19-17(13-20)15-5-3-2-4-6-15/h2-10,17,20H,11-13H2,1H3,(H,19,21). The van der Waals surface area contributed by atoms with Gasteiger partial charge in [0, 0.05) is 17.1 Å². The van der Waals surface area contributed by atoms with E-state index in [2.05, 4.69) is 36.5 Å². The summed E-state index contributed by atoms with van der Waals surface area (Å²) in [4.78, 5) is 13.2. The maximum Gasteiger partial charge on any atom is 0.221 e. The molecule has 2 rings (SSSR count). The molecular weight excluding hydrogens is 294 g/mol. The molecule has 0 saturated heterocycles. The number of amides is 1. The first-order valence-electron chi connectivity index (χ1n) is 7.33. The fraction of sp³-hybridized carbons (Fsp3) is 0.278. The highest BCUT2D eigenvalue weighted by Gasteiger charge is 2.12. The van der Waals surface area contributed by atoms with Crippen LogP contribution in [0.4, 0.5) is 0 Å². The Hall–Kier alpha value is -1.78. The third-order valence-electron chi connectivity index (χ3n) is 3.34. The highest BCUT2D eigenvalue weighted by atomic mass is 32.2. The molecule has 0 heterocycles. The summed E-state index contributed by atoms with van der Waals surface area (Å²) >= 11 is 1.66. The third kappa shape index (κ3) is 5.20. The molecule has 0 bridgehead atoms. The van der Waals surface area contributed by atoms with Gasteiger partial charge in [0.1, 0.15) is 0 Å². The predicted octanol–water partition coefficient (Wildman–Crippen LogP) is 3.33. The zero-order valence-corrected chi connectivity index (χ0v) is 13.5. The van der Waals surface area contributed by atoms with Gasteiger partial charge in [-0.15, -0.1) is 11.8 Å². The summed E-state index contributed by atoms with van der Waals surface area (Å²) in [5.74, 6) is 0.685. The van der Waals surface area contributed by atoms with Crippen LogP contribution in [0.15, 0.2) is 59.5 Å². The minimum absolute atomic E-state index is 0.0393. The van der Waals surface area contributed by atoms with Crippen molar-refractivity contribution in [2.45, 2.75) is 24.3 Å². The van der Waals surface area contributed by atoms with Gasteiger partial charge in [0.15, 0.2) is 0 Å². The van der Waals surface area contributed by atoms with Crippen LogP contribution in [0.3, 0.4) is 0 Å². The summed E-state index contributed by atoms with van der Waals surface area (Å²) < 4.78 is 0. The zero-order valence-electron chi connectivity index (χ0n) is 12.7. The number of hydrogen-bond donors (Lipinski definition) is 2. The van der Waals surface area contributed by atoms with E-state index < -0.39 is 0 Å². The number of aliphatic hydroxyl groups excluding tert-OH is 1. The van der Waals surface area contributed by atoms with Gasteiger partial charge in [0.25, 0.3) is 0 Å². The number of rotatable bonds is 7. The van der Waals surface area contributed by atoms with Gasteiger partial charge in [-0.25, -0.2) is 0 Å². The first kappa shape index (κ1) is 16.6. The Morgan fingerprint density at radius 1 is 1.14 bits per heavy atom. The van der Waals surface area contributed by atoms with Gasteiger partial charge in [-0.2, -0.15) is 0 Å². The van der Waals surface area contributed by atoms with Crippen molar-refractivity contribution >= 4 is 17.7 Å². The van der Waals surface area contributed by atoms with Crippen molar-refractivity contribution in [3.05, 3.63) is 65.7 Å². The van der Waals surface area contributed by atoms with Gasteiger partial charge in [-0.05, 0) is 24.6 Å². The van der Waals surface area contributed by atoms with Gasteiger partial charge in [-0.3, -0.25) is 4.79 Å². The van der Waals surface area contributed by atoms with Gasteiger partial charge in [0.2, 0.25) is 5.91 Å². The molecule has 2 aromatic rings. The summed E-state index contributed by atoms with van der Waals surface area (Å²) in [5, 5.41) is 12.3. The summed E-state index contributed by atoms with van der Waals surface area (Å²) in [6.07, 6.45) is 0.432. The van der Waals surface area contributed by atoms with Gasteiger partial charge in [-0.1, -0.05) is 48.0 Å². The first-order valence-corrected chi connectivity index (χ1v) is 8.32. The molecular formula is C18H21NO2S. The monoisotopic (exact) mass is 315 g/mol. The number of carbonyl (C=O) groups is 1. The summed E-state index contributed by atoms with van der Waals surface area (Å²) in [7, 11) is 0. The highest BCUT2D eigenvalue weighted by molar-refractivity contribution is 7.99. The molecule has 0 aliphatic rings. The number of thioether (sulfide) groups is 1. The van der Waals surface area contributed by atoms with E-state index in [4.69, 9.17) is 0 Å². The molecule has 0 fully saturated rings. The van der Waals surface area contributed by atoms with Gasteiger partial charge < -0.3 is 10.4 Å². The molecule has 1 unspecified atom stereocenters. The SMILES string of the molecule is Cc1ccc(SCCC(=O)NC(CO)c2ccccc2)cc1. The van der Waals surface area contributed by atoms with Crippen LogP contribution in [0.25, 0.3) is 0 Å². The van der Waals surface area contributed by atoms with Crippen molar-refractivity contribution in [3.8, 4) is 0 Å². The molecule has 0 saturated carbocycles. The normalized spacial score (nSPS) is 11.9. The fourth-order valence-electron chi connectivity index (χ4n) is 2.08. The third-order valence-corrected chi connectivity index (χ3v) is 4.35. The van der Waals surface area contributed by atoms with Gasteiger partial charge >= 0.3 is 0 Å². The van der Waals surface area contributed by atoms with Crippen molar-refractivity contribution in [1.29, 1.82) is 0 Å².